The fraction of sp³-hybridized carbons (Fsp3) is 0.686. The molecule has 5 rings (SSSR count). The highest BCUT2D eigenvalue weighted by molar-refractivity contribution is 5.89. The lowest BCUT2D eigenvalue weighted by atomic mass is 9.46. The molecule has 12 nitrogen and oxygen atoms in total. The predicted molar refractivity (Wildman–Crippen MR) is 163 cm³/mol. The number of fused-ring (bicyclic) bond motifs is 4. The largest absolute Gasteiger partial charge is 0.461 e. The van der Waals surface area contributed by atoms with Crippen LogP contribution >= 0.6 is 0 Å². The maximum absolute atomic E-state index is 13.4. The topological polar surface area (TPSA) is 172 Å². The number of carbonyl (C=O) groups is 5. The molecule has 0 spiro atoms. The van der Waals surface area contributed by atoms with Gasteiger partial charge < -0.3 is 33.9 Å². The molecule has 1 aromatic rings. The zero-order chi connectivity index (χ0) is 34.9. The zero-order valence-electron chi connectivity index (χ0n) is 28.2. The molecule has 0 radical (unpaired) electrons. The number of aliphatic hydroxyl groups is 2. The molecule has 4 aliphatic rings. The van der Waals surface area contributed by atoms with Crippen LogP contribution in [0, 0.1) is 28.6 Å². The van der Waals surface area contributed by atoms with Crippen molar-refractivity contribution in [3.8, 4) is 0 Å². The Morgan fingerprint density at radius 1 is 0.766 bits per heavy atom. The van der Waals surface area contributed by atoms with E-state index in [1.165, 1.54) is 27.7 Å². The molecule has 258 valence electrons. The average molecular weight is 659 g/mol. The molecule has 0 heterocycles. The van der Waals surface area contributed by atoms with Crippen molar-refractivity contribution in [2.24, 2.45) is 28.6 Å². The highest BCUT2D eigenvalue weighted by Crippen LogP contribution is 2.76. The lowest BCUT2D eigenvalue weighted by Gasteiger charge is -2.63. The van der Waals surface area contributed by atoms with E-state index < -0.39 is 99.6 Å². The first-order chi connectivity index (χ1) is 21.7. The van der Waals surface area contributed by atoms with Gasteiger partial charge in [-0.05, 0) is 37.8 Å². The second-order valence-corrected chi connectivity index (χ2v) is 14.9. The lowest BCUT2D eigenvalue weighted by Crippen LogP contribution is -2.73. The van der Waals surface area contributed by atoms with Crippen LogP contribution in [0.2, 0.25) is 0 Å². The molecule has 0 aromatic heterocycles. The quantitative estimate of drug-likeness (QED) is 0.338. The van der Waals surface area contributed by atoms with Crippen LogP contribution in [0.1, 0.15) is 91.4 Å². The molecule has 4 saturated carbocycles. The van der Waals surface area contributed by atoms with Crippen molar-refractivity contribution in [1.29, 1.82) is 0 Å². The minimum atomic E-state index is -1.91. The second-order valence-electron chi connectivity index (χ2n) is 14.9. The van der Waals surface area contributed by atoms with Crippen LogP contribution < -0.4 is 0 Å². The Labute approximate surface area is 274 Å². The summed E-state index contributed by atoms with van der Waals surface area (Å²) in [6, 6.07) is 8.35. The summed E-state index contributed by atoms with van der Waals surface area (Å²) >= 11 is 0. The van der Waals surface area contributed by atoms with Crippen molar-refractivity contribution in [3.05, 3.63) is 35.9 Å². The van der Waals surface area contributed by atoms with E-state index in [2.05, 4.69) is 0 Å². The molecule has 0 bridgehead atoms. The fourth-order valence-electron chi connectivity index (χ4n) is 10.0. The summed E-state index contributed by atoms with van der Waals surface area (Å²) in [5, 5.41) is 24.6. The zero-order valence-corrected chi connectivity index (χ0v) is 28.2. The third kappa shape index (κ3) is 5.41. The highest BCUT2D eigenvalue weighted by Gasteiger charge is 2.85. The van der Waals surface area contributed by atoms with E-state index in [9.17, 15) is 34.2 Å². The van der Waals surface area contributed by atoms with Gasteiger partial charge in [-0.25, -0.2) is 4.79 Å². The van der Waals surface area contributed by atoms with Gasteiger partial charge >= 0.3 is 29.8 Å². The van der Waals surface area contributed by atoms with E-state index in [4.69, 9.17) is 23.7 Å². The van der Waals surface area contributed by atoms with Crippen molar-refractivity contribution >= 4 is 29.8 Å². The molecule has 12 heteroatoms. The van der Waals surface area contributed by atoms with Crippen LogP contribution in [-0.2, 0) is 42.9 Å². The van der Waals surface area contributed by atoms with E-state index in [1.54, 1.807) is 58.0 Å². The number of esters is 5. The summed E-state index contributed by atoms with van der Waals surface area (Å²) in [5.41, 5.74) is -7.26. The molecular formula is C35H46O12. The number of benzene rings is 1. The summed E-state index contributed by atoms with van der Waals surface area (Å²) in [6.45, 7) is 11.9. The van der Waals surface area contributed by atoms with Gasteiger partial charge in [0.25, 0.3) is 0 Å². The van der Waals surface area contributed by atoms with Crippen molar-refractivity contribution in [2.75, 3.05) is 0 Å². The molecule has 2 N–H and O–H groups in total. The molecule has 4 aliphatic carbocycles. The molecule has 0 saturated heterocycles. The standard InChI is InChI=1S/C35H46O12/c1-18-14-34(42)26(27(18)46-29(40)23-12-10-9-11-13-23)28(44-20(3)37)32(7)17-35(47-22(5)39)24(33(32,8)30(34)45-21(4)38)15-31(6,41)16-25(35)43-19(2)36/h9-13,18,24-28,30,41-42H,14-17H2,1-8H3. The Morgan fingerprint density at radius 2 is 1.36 bits per heavy atom. The molecule has 12 unspecified atom stereocenters. The van der Waals surface area contributed by atoms with E-state index >= 15 is 0 Å². The van der Waals surface area contributed by atoms with Gasteiger partial charge in [-0.15, -0.1) is 0 Å². The number of rotatable bonds is 6. The van der Waals surface area contributed by atoms with Gasteiger partial charge in [0.15, 0.2) is 5.60 Å². The summed E-state index contributed by atoms with van der Waals surface area (Å²) < 4.78 is 30.4. The number of hydrogen-bond acceptors (Lipinski definition) is 12. The lowest BCUT2D eigenvalue weighted by molar-refractivity contribution is -0.290. The van der Waals surface area contributed by atoms with Gasteiger partial charge in [-0.3, -0.25) is 19.2 Å². The van der Waals surface area contributed by atoms with E-state index in [-0.39, 0.29) is 31.2 Å². The number of carbonyl (C=O) groups excluding carboxylic acids is 5. The van der Waals surface area contributed by atoms with Crippen molar-refractivity contribution in [1.82, 2.24) is 0 Å². The van der Waals surface area contributed by atoms with Crippen molar-refractivity contribution in [2.45, 2.75) is 122 Å². The van der Waals surface area contributed by atoms with Crippen LogP contribution in [0.15, 0.2) is 30.3 Å². The fourth-order valence-corrected chi connectivity index (χ4v) is 10.0. The first-order valence-corrected chi connectivity index (χ1v) is 16.1. The minimum absolute atomic E-state index is 0.00281. The molecule has 1 aromatic carbocycles. The Bertz CT molecular complexity index is 1460. The third-order valence-corrected chi connectivity index (χ3v) is 11.6. The Balaban J connectivity index is 1.76. The normalized spacial score (nSPS) is 43.4. The molecule has 0 aliphatic heterocycles. The SMILES string of the molecule is CC(=O)OC1CC(C)(O)CC2C1(OC(C)=O)CC1(C)C(OC(C)=O)C3C(OC(=O)c4ccccc4)C(C)CC3(O)C(OC(C)=O)C21C. The molecule has 4 fully saturated rings. The Hall–Kier alpha value is -3.51. The second kappa shape index (κ2) is 11.6. The Morgan fingerprint density at radius 3 is 1.91 bits per heavy atom. The van der Waals surface area contributed by atoms with Crippen molar-refractivity contribution in [3.63, 3.8) is 0 Å². The first kappa shape index (κ1) is 34.8. The van der Waals surface area contributed by atoms with Crippen molar-refractivity contribution < 1.29 is 57.9 Å². The molecule has 12 atom stereocenters. The van der Waals surface area contributed by atoms with Gasteiger partial charge in [-0.2, -0.15) is 0 Å². The smallest absolute Gasteiger partial charge is 0.338 e. The summed E-state index contributed by atoms with van der Waals surface area (Å²) in [6.07, 6.45) is -4.71. The average Bonchev–Trinajstić information content (AvgIpc) is 3.30. The van der Waals surface area contributed by atoms with E-state index in [1.807, 2.05) is 0 Å². The van der Waals surface area contributed by atoms with Gasteiger partial charge in [-0.1, -0.05) is 39.0 Å². The van der Waals surface area contributed by atoms with Crippen LogP contribution in [0.25, 0.3) is 0 Å². The number of ether oxygens (including phenoxy) is 5. The monoisotopic (exact) mass is 658 g/mol. The van der Waals surface area contributed by atoms with Gasteiger partial charge in [0.1, 0.15) is 30.0 Å². The summed E-state index contributed by atoms with van der Waals surface area (Å²) in [4.78, 5) is 64.6. The van der Waals surface area contributed by atoms with E-state index in [0.29, 0.717) is 0 Å². The van der Waals surface area contributed by atoms with Crippen LogP contribution in [0.5, 0.6) is 0 Å². The van der Waals surface area contributed by atoms with Crippen LogP contribution in [0.3, 0.4) is 0 Å². The maximum Gasteiger partial charge on any atom is 0.338 e. The summed E-state index contributed by atoms with van der Waals surface area (Å²) in [7, 11) is 0. The van der Waals surface area contributed by atoms with Gasteiger partial charge in [0.05, 0.1) is 17.1 Å². The molecule has 0 amide bonds. The van der Waals surface area contributed by atoms with Gasteiger partial charge in [0, 0.05) is 57.3 Å². The molecular weight excluding hydrogens is 612 g/mol. The summed E-state index contributed by atoms with van der Waals surface area (Å²) in [5.74, 6) is -5.76. The minimum Gasteiger partial charge on any atom is -0.461 e. The van der Waals surface area contributed by atoms with Crippen LogP contribution in [-0.4, -0.2) is 81.3 Å². The van der Waals surface area contributed by atoms with E-state index in [0.717, 1.165) is 0 Å². The molecule has 47 heavy (non-hydrogen) atoms. The first-order valence-electron chi connectivity index (χ1n) is 16.1. The van der Waals surface area contributed by atoms with Crippen LogP contribution in [0.4, 0.5) is 0 Å². The maximum atomic E-state index is 13.4. The van der Waals surface area contributed by atoms with Gasteiger partial charge in [0.2, 0.25) is 0 Å². The number of hydrogen-bond donors (Lipinski definition) is 2. The predicted octanol–water partition coefficient (Wildman–Crippen LogP) is 3.29. The highest BCUT2D eigenvalue weighted by atomic mass is 16.6. The third-order valence-electron chi connectivity index (χ3n) is 11.6. The Kier molecular flexibility index (Phi) is 8.57.